The van der Waals surface area contributed by atoms with E-state index in [-0.39, 0.29) is 5.91 Å². The second kappa shape index (κ2) is 6.59. The van der Waals surface area contributed by atoms with Crippen LogP contribution in [0.15, 0.2) is 18.2 Å². The van der Waals surface area contributed by atoms with Gasteiger partial charge in [-0.2, -0.15) is 0 Å². The van der Waals surface area contributed by atoms with E-state index in [1.807, 2.05) is 18.2 Å². The molecule has 0 radical (unpaired) electrons. The van der Waals surface area contributed by atoms with Crippen molar-refractivity contribution in [2.24, 2.45) is 5.92 Å². The Labute approximate surface area is 132 Å². The number of likely N-dealkylation sites (tertiary alicyclic amines) is 1. The Morgan fingerprint density at radius 2 is 1.86 bits per heavy atom. The molecule has 1 heterocycles. The van der Waals surface area contributed by atoms with Gasteiger partial charge >= 0.3 is 0 Å². The fourth-order valence-corrected chi connectivity index (χ4v) is 4.09. The third-order valence-electron chi connectivity index (χ3n) is 5.14. The van der Waals surface area contributed by atoms with Gasteiger partial charge in [-0.3, -0.25) is 4.79 Å². The number of hydrogen-bond donors (Lipinski definition) is 0. The van der Waals surface area contributed by atoms with E-state index in [2.05, 4.69) is 4.90 Å². The quantitative estimate of drug-likeness (QED) is 0.858. The standard InChI is InChI=1S/C18H25NO3/c1-21-16-11-5-9-14(17(16)22-2)18(20)19-12-6-8-13-7-3-4-10-15(13)19/h5,9,11,13,15H,3-4,6-8,10,12H2,1-2H3. The molecule has 1 saturated carbocycles. The Hall–Kier alpha value is -1.71. The summed E-state index contributed by atoms with van der Waals surface area (Å²) >= 11 is 0. The predicted molar refractivity (Wildman–Crippen MR) is 85.6 cm³/mol. The van der Waals surface area contributed by atoms with Crippen LogP contribution in [0, 0.1) is 5.92 Å². The van der Waals surface area contributed by atoms with Crippen LogP contribution in [-0.2, 0) is 0 Å². The molecule has 1 amide bonds. The predicted octanol–water partition coefficient (Wildman–Crippen LogP) is 3.50. The second-order valence-corrected chi connectivity index (χ2v) is 6.29. The van der Waals surface area contributed by atoms with Gasteiger partial charge in [-0.25, -0.2) is 0 Å². The third-order valence-corrected chi connectivity index (χ3v) is 5.14. The average Bonchev–Trinajstić information content (AvgIpc) is 2.59. The summed E-state index contributed by atoms with van der Waals surface area (Å²) in [6.45, 7) is 0.861. The van der Waals surface area contributed by atoms with Gasteiger partial charge in [0.15, 0.2) is 11.5 Å². The van der Waals surface area contributed by atoms with Crippen molar-refractivity contribution in [2.75, 3.05) is 20.8 Å². The lowest BCUT2D eigenvalue weighted by Crippen LogP contribution is -2.49. The molecule has 2 aliphatic rings. The number of fused-ring (bicyclic) bond motifs is 1. The number of hydrogen-bond acceptors (Lipinski definition) is 3. The Morgan fingerprint density at radius 1 is 1.09 bits per heavy atom. The Bertz CT molecular complexity index is 541. The SMILES string of the molecule is COc1cccc(C(=O)N2CCCC3CCCCC32)c1OC. The fourth-order valence-electron chi connectivity index (χ4n) is 4.09. The van der Waals surface area contributed by atoms with E-state index in [4.69, 9.17) is 9.47 Å². The maximum absolute atomic E-state index is 13.1. The van der Waals surface area contributed by atoms with Crippen LogP contribution in [0.2, 0.25) is 0 Å². The number of carbonyl (C=O) groups excluding carboxylic acids is 1. The van der Waals surface area contributed by atoms with Gasteiger partial charge in [0.05, 0.1) is 19.8 Å². The van der Waals surface area contributed by atoms with Crippen LogP contribution in [0.4, 0.5) is 0 Å². The second-order valence-electron chi connectivity index (χ2n) is 6.29. The molecule has 2 unspecified atom stereocenters. The van der Waals surface area contributed by atoms with Crippen LogP contribution in [-0.4, -0.2) is 37.6 Å². The van der Waals surface area contributed by atoms with Crippen molar-refractivity contribution < 1.29 is 14.3 Å². The minimum Gasteiger partial charge on any atom is -0.493 e. The number of methoxy groups -OCH3 is 2. The Morgan fingerprint density at radius 3 is 2.64 bits per heavy atom. The molecule has 3 rings (SSSR count). The highest BCUT2D eigenvalue weighted by atomic mass is 16.5. The summed E-state index contributed by atoms with van der Waals surface area (Å²) in [5, 5.41) is 0. The molecular weight excluding hydrogens is 278 g/mol. The lowest BCUT2D eigenvalue weighted by atomic mass is 9.78. The number of benzene rings is 1. The summed E-state index contributed by atoms with van der Waals surface area (Å²) in [6, 6.07) is 5.94. The maximum atomic E-state index is 13.1. The molecule has 22 heavy (non-hydrogen) atoms. The molecule has 2 fully saturated rings. The zero-order valence-corrected chi connectivity index (χ0v) is 13.5. The fraction of sp³-hybridized carbons (Fsp3) is 0.611. The minimum atomic E-state index is 0.0901. The van der Waals surface area contributed by atoms with Crippen LogP contribution >= 0.6 is 0 Å². The van der Waals surface area contributed by atoms with Crippen LogP contribution in [0.5, 0.6) is 11.5 Å². The Balaban J connectivity index is 1.90. The van der Waals surface area contributed by atoms with Crippen LogP contribution in [0.25, 0.3) is 0 Å². The molecule has 1 aromatic rings. The molecule has 1 aromatic carbocycles. The van der Waals surface area contributed by atoms with E-state index in [0.29, 0.717) is 29.0 Å². The maximum Gasteiger partial charge on any atom is 0.258 e. The van der Waals surface area contributed by atoms with E-state index >= 15 is 0 Å². The number of carbonyl (C=O) groups is 1. The number of para-hydroxylation sites is 1. The molecular formula is C18H25NO3. The molecule has 0 N–H and O–H groups in total. The first-order valence-electron chi connectivity index (χ1n) is 8.28. The van der Waals surface area contributed by atoms with E-state index in [9.17, 15) is 4.79 Å². The van der Waals surface area contributed by atoms with Gasteiger partial charge in [0.2, 0.25) is 0 Å². The third kappa shape index (κ3) is 2.67. The highest BCUT2D eigenvalue weighted by Gasteiger charge is 2.36. The molecule has 1 aliphatic heterocycles. The van der Waals surface area contributed by atoms with Gasteiger partial charge in [0, 0.05) is 12.6 Å². The topological polar surface area (TPSA) is 38.8 Å². The normalized spacial score (nSPS) is 24.5. The van der Waals surface area contributed by atoms with E-state index in [1.165, 1.54) is 25.7 Å². The summed E-state index contributed by atoms with van der Waals surface area (Å²) in [6.07, 6.45) is 7.33. The van der Waals surface area contributed by atoms with Gasteiger partial charge in [-0.15, -0.1) is 0 Å². The van der Waals surface area contributed by atoms with Gasteiger partial charge in [0.25, 0.3) is 5.91 Å². The molecule has 1 aliphatic carbocycles. The molecule has 0 aromatic heterocycles. The molecule has 1 saturated heterocycles. The number of piperidine rings is 1. The van der Waals surface area contributed by atoms with E-state index < -0.39 is 0 Å². The first-order valence-corrected chi connectivity index (χ1v) is 8.28. The summed E-state index contributed by atoms with van der Waals surface area (Å²) in [5.74, 6) is 1.94. The number of amides is 1. The van der Waals surface area contributed by atoms with Crippen molar-refractivity contribution in [2.45, 2.75) is 44.6 Å². The van der Waals surface area contributed by atoms with E-state index in [0.717, 1.165) is 19.4 Å². The van der Waals surface area contributed by atoms with Crippen molar-refractivity contribution >= 4 is 5.91 Å². The smallest absolute Gasteiger partial charge is 0.258 e. The van der Waals surface area contributed by atoms with Crippen molar-refractivity contribution in [3.63, 3.8) is 0 Å². The van der Waals surface area contributed by atoms with Crippen LogP contribution in [0.1, 0.15) is 48.9 Å². The van der Waals surface area contributed by atoms with Crippen molar-refractivity contribution in [3.05, 3.63) is 23.8 Å². The summed E-state index contributed by atoms with van der Waals surface area (Å²) < 4.78 is 10.8. The lowest BCUT2D eigenvalue weighted by molar-refractivity contribution is 0.0387. The van der Waals surface area contributed by atoms with Gasteiger partial charge in [-0.1, -0.05) is 18.9 Å². The zero-order chi connectivity index (χ0) is 15.5. The van der Waals surface area contributed by atoms with Crippen molar-refractivity contribution in [1.29, 1.82) is 0 Å². The average molecular weight is 303 g/mol. The van der Waals surface area contributed by atoms with Gasteiger partial charge in [0.1, 0.15) is 0 Å². The molecule has 120 valence electrons. The number of rotatable bonds is 3. The highest BCUT2D eigenvalue weighted by molar-refractivity contribution is 5.98. The molecule has 4 nitrogen and oxygen atoms in total. The summed E-state index contributed by atoms with van der Waals surface area (Å²) in [7, 11) is 3.19. The van der Waals surface area contributed by atoms with Crippen molar-refractivity contribution in [1.82, 2.24) is 4.90 Å². The molecule has 0 bridgehead atoms. The monoisotopic (exact) mass is 303 g/mol. The van der Waals surface area contributed by atoms with Crippen LogP contribution < -0.4 is 9.47 Å². The minimum absolute atomic E-state index is 0.0901. The number of ether oxygens (including phenoxy) is 2. The van der Waals surface area contributed by atoms with Crippen LogP contribution in [0.3, 0.4) is 0 Å². The lowest BCUT2D eigenvalue weighted by Gasteiger charge is -2.44. The zero-order valence-electron chi connectivity index (χ0n) is 13.5. The number of nitrogens with zero attached hydrogens (tertiary/aromatic N) is 1. The van der Waals surface area contributed by atoms with Gasteiger partial charge in [-0.05, 0) is 43.7 Å². The Kier molecular flexibility index (Phi) is 4.55. The molecule has 0 spiro atoms. The van der Waals surface area contributed by atoms with E-state index in [1.54, 1.807) is 14.2 Å². The summed E-state index contributed by atoms with van der Waals surface area (Å²) in [5.41, 5.74) is 0.619. The largest absolute Gasteiger partial charge is 0.493 e. The summed E-state index contributed by atoms with van der Waals surface area (Å²) in [4.78, 5) is 15.2. The first kappa shape index (κ1) is 15.2. The highest BCUT2D eigenvalue weighted by Crippen LogP contribution is 2.38. The first-order chi connectivity index (χ1) is 10.8. The van der Waals surface area contributed by atoms with Crippen molar-refractivity contribution in [3.8, 4) is 11.5 Å². The molecule has 4 heteroatoms. The molecule has 2 atom stereocenters. The van der Waals surface area contributed by atoms with Gasteiger partial charge < -0.3 is 14.4 Å².